The van der Waals surface area contributed by atoms with E-state index in [1.807, 2.05) is 30.0 Å². The van der Waals surface area contributed by atoms with E-state index in [1.165, 1.54) is 0 Å². The number of anilines is 1. The minimum absolute atomic E-state index is 0.178. The second-order valence-electron chi connectivity index (χ2n) is 5.32. The molecule has 2 rings (SSSR count). The maximum absolute atomic E-state index is 12.1. The second-order valence-corrected chi connectivity index (χ2v) is 5.73. The van der Waals surface area contributed by atoms with E-state index in [4.69, 9.17) is 16.3 Å². The van der Waals surface area contributed by atoms with E-state index in [9.17, 15) is 4.79 Å². The molecule has 0 aromatic heterocycles. The van der Waals surface area contributed by atoms with Crippen molar-refractivity contribution in [2.75, 3.05) is 51.3 Å². The maximum atomic E-state index is 12.1. The first kappa shape index (κ1) is 16.9. The van der Waals surface area contributed by atoms with Crippen LogP contribution in [0.25, 0.3) is 0 Å². The fourth-order valence-corrected chi connectivity index (χ4v) is 2.81. The first-order chi connectivity index (χ1) is 10.7. The summed E-state index contributed by atoms with van der Waals surface area (Å²) < 4.78 is 5.28. The minimum atomic E-state index is 0.178. The SMILES string of the molecule is CCNCC(=O)N1CCCN(c2ccc(Cl)c(OC)c2)CC1. The Hall–Kier alpha value is -1.46. The molecule has 0 aliphatic carbocycles. The number of likely N-dealkylation sites (N-methyl/N-ethyl adjacent to an activating group) is 1. The van der Waals surface area contributed by atoms with Crippen molar-refractivity contribution in [3.05, 3.63) is 23.2 Å². The fourth-order valence-electron chi connectivity index (χ4n) is 2.61. The fraction of sp³-hybridized carbons (Fsp3) is 0.562. The molecule has 0 saturated carbocycles. The van der Waals surface area contributed by atoms with Crippen molar-refractivity contribution in [1.82, 2.24) is 10.2 Å². The summed E-state index contributed by atoms with van der Waals surface area (Å²) in [6, 6.07) is 5.81. The van der Waals surface area contributed by atoms with Crippen LogP contribution in [0.4, 0.5) is 5.69 Å². The topological polar surface area (TPSA) is 44.8 Å². The number of amides is 1. The van der Waals surface area contributed by atoms with Crippen LogP contribution >= 0.6 is 11.6 Å². The number of ether oxygens (including phenoxy) is 1. The van der Waals surface area contributed by atoms with E-state index in [2.05, 4.69) is 10.2 Å². The Morgan fingerprint density at radius 3 is 2.86 bits per heavy atom. The van der Waals surface area contributed by atoms with Gasteiger partial charge in [-0.3, -0.25) is 4.79 Å². The van der Waals surface area contributed by atoms with Crippen LogP contribution in [-0.4, -0.2) is 57.2 Å². The summed E-state index contributed by atoms with van der Waals surface area (Å²) in [6.07, 6.45) is 0.961. The zero-order valence-electron chi connectivity index (χ0n) is 13.3. The lowest BCUT2D eigenvalue weighted by Crippen LogP contribution is -2.40. The van der Waals surface area contributed by atoms with E-state index in [1.54, 1.807) is 7.11 Å². The monoisotopic (exact) mass is 325 g/mol. The van der Waals surface area contributed by atoms with E-state index < -0.39 is 0 Å². The van der Waals surface area contributed by atoms with Crippen LogP contribution in [0, 0.1) is 0 Å². The Kier molecular flexibility index (Phi) is 6.34. The normalized spacial score (nSPS) is 15.6. The second kappa shape index (κ2) is 8.25. The van der Waals surface area contributed by atoms with Crippen LogP contribution in [0.3, 0.4) is 0 Å². The zero-order chi connectivity index (χ0) is 15.9. The number of nitrogens with zero attached hydrogens (tertiary/aromatic N) is 2. The molecule has 5 nitrogen and oxygen atoms in total. The summed E-state index contributed by atoms with van der Waals surface area (Å²) in [5, 5.41) is 3.71. The van der Waals surface area contributed by atoms with E-state index in [-0.39, 0.29) is 5.91 Å². The molecule has 1 aliphatic rings. The third kappa shape index (κ3) is 4.27. The molecule has 6 heteroatoms. The van der Waals surface area contributed by atoms with Gasteiger partial charge >= 0.3 is 0 Å². The summed E-state index contributed by atoms with van der Waals surface area (Å²) in [6.45, 7) is 6.55. The molecule has 0 atom stereocenters. The third-order valence-corrected chi connectivity index (χ3v) is 4.19. The Bertz CT molecular complexity index is 510. The molecule has 1 aliphatic heterocycles. The summed E-state index contributed by atoms with van der Waals surface area (Å²) >= 11 is 6.08. The van der Waals surface area contributed by atoms with Crippen LogP contribution in [0.1, 0.15) is 13.3 Å². The minimum Gasteiger partial charge on any atom is -0.495 e. The van der Waals surface area contributed by atoms with Crippen LogP contribution in [0.2, 0.25) is 5.02 Å². The van der Waals surface area contributed by atoms with Crippen LogP contribution in [0.15, 0.2) is 18.2 Å². The van der Waals surface area contributed by atoms with Crippen molar-refractivity contribution in [3.63, 3.8) is 0 Å². The highest BCUT2D eigenvalue weighted by Gasteiger charge is 2.19. The molecule has 0 unspecified atom stereocenters. The van der Waals surface area contributed by atoms with E-state index in [0.29, 0.717) is 17.3 Å². The number of hydrogen-bond acceptors (Lipinski definition) is 4. The highest BCUT2D eigenvalue weighted by molar-refractivity contribution is 6.32. The quantitative estimate of drug-likeness (QED) is 0.899. The van der Waals surface area contributed by atoms with Gasteiger partial charge < -0.3 is 19.9 Å². The van der Waals surface area contributed by atoms with Gasteiger partial charge in [-0.25, -0.2) is 0 Å². The van der Waals surface area contributed by atoms with Gasteiger partial charge in [-0.2, -0.15) is 0 Å². The Morgan fingerprint density at radius 2 is 2.14 bits per heavy atom. The van der Waals surface area contributed by atoms with Crippen LogP contribution in [0.5, 0.6) is 5.75 Å². The van der Waals surface area contributed by atoms with Crippen LogP contribution < -0.4 is 15.0 Å². The number of carbonyl (C=O) groups is 1. The molecule has 0 radical (unpaired) electrons. The predicted molar refractivity (Wildman–Crippen MR) is 90.0 cm³/mol. The molecule has 1 N–H and O–H groups in total. The summed E-state index contributed by atoms with van der Waals surface area (Å²) in [7, 11) is 1.62. The van der Waals surface area contributed by atoms with Gasteiger partial charge in [-0.15, -0.1) is 0 Å². The van der Waals surface area contributed by atoms with Gasteiger partial charge in [-0.05, 0) is 25.1 Å². The average molecular weight is 326 g/mol. The van der Waals surface area contributed by atoms with Crippen molar-refractivity contribution in [2.45, 2.75) is 13.3 Å². The van der Waals surface area contributed by atoms with Gasteiger partial charge in [0.05, 0.1) is 18.7 Å². The van der Waals surface area contributed by atoms with Gasteiger partial charge in [0.1, 0.15) is 5.75 Å². The van der Waals surface area contributed by atoms with Gasteiger partial charge in [0, 0.05) is 37.9 Å². The number of methoxy groups -OCH3 is 1. The number of carbonyl (C=O) groups excluding carboxylic acids is 1. The first-order valence-corrected chi connectivity index (χ1v) is 8.10. The number of benzene rings is 1. The third-order valence-electron chi connectivity index (χ3n) is 3.87. The summed E-state index contributed by atoms with van der Waals surface area (Å²) in [5.41, 5.74) is 1.09. The van der Waals surface area contributed by atoms with Crippen molar-refractivity contribution in [3.8, 4) is 5.75 Å². The van der Waals surface area contributed by atoms with Crippen molar-refractivity contribution in [1.29, 1.82) is 0 Å². The molecular weight excluding hydrogens is 302 g/mol. The molecule has 1 amide bonds. The lowest BCUT2D eigenvalue weighted by atomic mass is 10.2. The standard InChI is InChI=1S/C16H24ClN3O2/c1-3-18-12-16(21)20-8-4-7-19(9-10-20)13-5-6-14(17)15(11-13)22-2/h5-6,11,18H,3-4,7-10,12H2,1-2H3. The molecule has 1 saturated heterocycles. The molecule has 122 valence electrons. The smallest absolute Gasteiger partial charge is 0.236 e. The largest absolute Gasteiger partial charge is 0.495 e. The van der Waals surface area contributed by atoms with Crippen molar-refractivity contribution < 1.29 is 9.53 Å². The highest BCUT2D eigenvalue weighted by Crippen LogP contribution is 2.29. The highest BCUT2D eigenvalue weighted by atomic mass is 35.5. The molecule has 22 heavy (non-hydrogen) atoms. The van der Waals surface area contributed by atoms with Gasteiger partial charge in [0.15, 0.2) is 0 Å². The Balaban J connectivity index is 1.99. The predicted octanol–water partition coefficient (Wildman–Crippen LogP) is 2.00. The maximum Gasteiger partial charge on any atom is 0.236 e. The molecule has 1 heterocycles. The molecule has 1 aromatic rings. The number of rotatable bonds is 5. The first-order valence-electron chi connectivity index (χ1n) is 7.72. The number of nitrogens with one attached hydrogen (secondary N) is 1. The molecule has 0 bridgehead atoms. The summed E-state index contributed by atoms with van der Waals surface area (Å²) in [4.78, 5) is 16.3. The Labute approximate surface area is 137 Å². The average Bonchev–Trinajstić information content (AvgIpc) is 2.79. The van der Waals surface area contributed by atoms with Crippen molar-refractivity contribution >= 4 is 23.2 Å². The lowest BCUT2D eigenvalue weighted by Gasteiger charge is -2.24. The van der Waals surface area contributed by atoms with Crippen LogP contribution in [-0.2, 0) is 4.79 Å². The van der Waals surface area contributed by atoms with E-state index >= 15 is 0 Å². The number of hydrogen-bond donors (Lipinski definition) is 1. The lowest BCUT2D eigenvalue weighted by molar-refractivity contribution is -0.130. The number of halogens is 1. The zero-order valence-corrected chi connectivity index (χ0v) is 14.0. The Morgan fingerprint density at radius 1 is 1.32 bits per heavy atom. The molecular formula is C16H24ClN3O2. The van der Waals surface area contributed by atoms with Crippen molar-refractivity contribution in [2.24, 2.45) is 0 Å². The van der Waals surface area contributed by atoms with E-state index in [0.717, 1.165) is 44.8 Å². The van der Waals surface area contributed by atoms with Gasteiger partial charge in [-0.1, -0.05) is 18.5 Å². The molecule has 1 aromatic carbocycles. The molecule has 0 spiro atoms. The summed E-state index contributed by atoms with van der Waals surface area (Å²) in [5.74, 6) is 0.862. The van der Waals surface area contributed by atoms with Gasteiger partial charge in [0.25, 0.3) is 0 Å². The van der Waals surface area contributed by atoms with Gasteiger partial charge in [0.2, 0.25) is 5.91 Å². The molecule has 1 fully saturated rings.